The van der Waals surface area contributed by atoms with Crippen LogP contribution in [0.5, 0.6) is 0 Å². The highest BCUT2D eigenvalue weighted by atomic mass is 16.3. The van der Waals surface area contributed by atoms with Crippen molar-refractivity contribution in [2.75, 3.05) is 16.8 Å². The van der Waals surface area contributed by atoms with Crippen molar-refractivity contribution in [2.24, 2.45) is 0 Å². The first-order chi connectivity index (χ1) is 14.2. The van der Waals surface area contributed by atoms with Crippen LogP contribution in [-0.4, -0.2) is 59.8 Å². The molecule has 2 aliphatic rings. The molecule has 10 heteroatoms. The topological polar surface area (TPSA) is 133 Å². The summed E-state index contributed by atoms with van der Waals surface area (Å²) in [6.45, 7) is 0.244. The average molecular weight is 392 g/mol. The fourth-order valence-corrected chi connectivity index (χ4v) is 3.89. The molecule has 5 rings (SSSR count). The van der Waals surface area contributed by atoms with Gasteiger partial charge in [0.2, 0.25) is 5.91 Å². The SMILES string of the molecule is O=C1CN([C@H]2CC[C@@H](O)CC2)c2nc(-c3ccc(-c4nc[nH]n4)nc3)cnc2N1. The number of hydrogen-bond donors (Lipinski definition) is 3. The van der Waals surface area contributed by atoms with Crippen molar-refractivity contribution in [2.45, 2.75) is 37.8 Å². The first kappa shape index (κ1) is 17.7. The maximum Gasteiger partial charge on any atom is 0.245 e. The normalized spacial score (nSPS) is 21.6. The van der Waals surface area contributed by atoms with Gasteiger partial charge >= 0.3 is 0 Å². The van der Waals surface area contributed by atoms with Gasteiger partial charge in [-0.3, -0.25) is 14.9 Å². The predicted octanol–water partition coefficient (Wildman–Crippen LogP) is 1.39. The molecule has 29 heavy (non-hydrogen) atoms. The van der Waals surface area contributed by atoms with Crippen LogP contribution in [0.4, 0.5) is 11.6 Å². The van der Waals surface area contributed by atoms with Gasteiger partial charge in [0.15, 0.2) is 17.5 Å². The highest BCUT2D eigenvalue weighted by molar-refractivity contribution is 5.99. The summed E-state index contributed by atoms with van der Waals surface area (Å²) in [4.78, 5) is 31.9. The number of H-pyrrole nitrogens is 1. The first-order valence-corrected chi connectivity index (χ1v) is 9.61. The lowest BCUT2D eigenvalue weighted by molar-refractivity contribution is -0.115. The van der Waals surface area contributed by atoms with Gasteiger partial charge in [0, 0.05) is 17.8 Å². The standard InChI is InChI=1S/C19H20N8O2/c28-13-4-2-12(3-5-13)27-9-16(29)25-18-19(27)24-15(8-21-18)11-1-6-14(20-7-11)17-22-10-23-26-17/h1,6-8,10,12-13,28H,2-5,9H2,(H,21,25,29)(H,22,23,26)/t12-,13+. The molecule has 0 saturated heterocycles. The molecule has 4 heterocycles. The van der Waals surface area contributed by atoms with E-state index >= 15 is 0 Å². The molecule has 148 valence electrons. The zero-order valence-electron chi connectivity index (χ0n) is 15.6. The van der Waals surface area contributed by atoms with Crippen LogP contribution in [0.15, 0.2) is 30.9 Å². The number of aliphatic hydroxyl groups is 1. The third-order valence-corrected chi connectivity index (χ3v) is 5.41. The Morgan fingerprint density at radius 3 is 2.62 bits per heavy atom. The molecule has 3 aromatic heterocycles. The number of fused-ring (bicyclic) bond motifs is 1. The summed E-state index contributed by atoms with van der Waals surface area (Å²) in [5.41, 5.74) is 2.15. The Labute approximate surface area is 166 Å². The van der Waals surface area contributed by atoms with Crippen LogP contribution in [0, 0.1) is 0 Å². The molecule has 0 spiro atoms. The summed E-state index contributed by atoms with van der Waals surface area (Å²) >= 11 is 0. The molecule has 0 unspecified atom stereocenters. The summed E-state index contributed by atoms with van der Waals surface area (Å²) in [5, 5.41) is 19.3. The highest BCUT2D eigenvalue weighted by Crippen LogP contribution is 2.34. The van der Waals surface area contributed by atoms with Gasteiger partial charge in [-0.2, -0.15) is 5.10 Å². The van der Waals surface area contributed by atoms with Gasteiger partial charge in [0.1, 0.15) is 12.0 Å². The van der Waals surface area contributed by atoms with E-state index in [1.165, 1.54) is 6.33 Å². The van der Waals surface area contributed by atoms with Gasteiger partial charge in [0.05, 0.1) is 24.5 Å². The second kappa shape index (κ2) is 7.21. The fourth-order valence-electron chi connectivity index (χ4n) is 3.89. The average Bonchev–Trinajstić information content (AvgIpc) is 3.29. The number of nitrogens with one attached hydrogen (secondary N) is 2. The number of pyridine rings is 1. The zero-order chi connectivity index (χ0) is 19.8. The molecule has 3 aromatic rings. The van der Waals surface area contributed by atoms with Crippen molar-refractivity contribution in [3.63, 3.8) is 0 Å². The van der Waals surface area contributed by atoms with Crippen LogP contribution >= 0.6 is 0 Å². The lowest BCUT2D eigenvalue weighted by Gasteiger charge is -2.38. The highest BCUT2D eigenvalue weighted by Gasteiger charge is 2.32. The van der Waals surface area contributed by atoms with E-state index < -0.39 is 0 Å². The first-order valence-electron chi connectivity index (χ1n) is 9.61. The van der Waals surface area contributed by atoms with Crippen LogP contribution in [0.2, 0.25) is 0 Å². The van der Waals surface area contributed by atoms with E-state index in [2.05, 4.69) is 30.5 Å². The maximum atomic E-state index is 12.2. The third-order valence-electron chi connectivity index (χ3n) is 5.41. The predicted molar refractivity (Wildman–Crippen MR) is 105 cm³/mol. The van der Waals surface area contributed by atoms with Gasteiger partial charge < -0.3 is 15.3 Å². The van der Waals surface area contributed by atoms with Crippen molar-refractivity contribution >= 4 is 17.5 Å². The number of aromatic nitrogens is 6. The minimum absolute atomic E-state index is 0.0943. The number of rotatable bonds is 3. The maximum absolute atomic E-state index is 12.2. The van der Waals surface area contributed by atoms with Crippen molar-refractivity contribution in [1.82, 2.24) is 30.1 Å². The Kier molecular flexibility index (Phi) is 4.39. The second-order valence-electron chi connectivity index (χ2n) is 7.32. The number of aromatic amines is 1. The lowest BCUT2D eigenvalue weighted by Crippen LogP contribution is -2.47. The largest absolute Gasteiger partial charge is 0.393 e. The minimum Gasteiger partial charge on any atom is -0.393 e. The van der Waals surface area contributed by atoms with Crippen LogP contribution in [0.3, 0.4) is 0 Å². The van der Waals surface area contributed by atoms with E-state index in [0.717, 1.165) is 31.2 Å². The van der Waals surface area contributed by atoms with E-state index in [9.17, 15) is 9.90 Å². The van der Waals surface area contributed by atoms with E-state index in [4.69, 9.17) is 4.98 Å². The molecule has 0 atom stereocenters. The summed E-state index contributed by atoms with van der Waals surface area (Å²) < 4.78 is 0. The number of amides is 1. The number of anilines is 2. The van der Waals surface area contributed by atoms with Crippen molar-refractivity contribution < 1.29 is 9.90 Å². The molecule has 10 nitrogen and oxygen atoms in total. The molecule has 1 aliphatic heterocycles. The minimum atomic E-state index is -0.254. The van der Waals surface area contributed by atoms with Crippen molar-refractivity contribution in [3.8, 4) is 22.8 Å². The lowest BCUT2D eigenvalue weighted by atomic mass is 9.91. The Bertz CT molecular complexity index is 1010. The quantitative estimate of drug-likeness (QED) is 0.609. The van der Waals surface area contributed by atoms with Crippen LogP contribution in [0.25, 0.3) is 22.8 Å². The molecule has 0 aromatic carbocycles. The molecular formula is C19H20N8O2. The molecule has 1 aliphatic carbocycles. The Morgan fingerprint density at radius 2 is 1.90 bits per heavy atom. The van der Waals surface area contributed by atoms with Gasteiger partial charge in [0.25, 0.3) is 0 Å². The molecule has 0 bridgehead atoms. The van der Waals surface area contributed by atoms with Gasteiger partial charge in [-0.1, -0.05) is 0 Å². The Balaban J connectivity index is 1.46. The molecular weight excluding hydrogens is 372 g/mol. The van der Waals surface area contributed by atoms with E-state index in [0.29, 0.717) is 28.8 Å². The van der Waals surface area contributed by atoms with E-state index in [1.54, 1.807) is 12.4 Å². The summed E-state index contributed by atoms with van der Waals surface area (Å²) in [5.74, 6) is 1.58. The van der Waals surface area contributed by atoms with Crippen molar-refractivity contribution in [3.05, 3.63) is 30.9 Å². The molecule has 1 amide bonds. The molecule has 0 radical (unpaired) electrons. The number of hydrogen-bond acceptors (Lipinski definition) is 8. The molecule has 1 fully saturated rings. The van der Waals surface area contributed by atoms with E-state index in [-0.39, 0.29) is 24.6 Å². The molecule has 1 saturated carbocycles. The summed E-state index contributed by atoms with van der Waals surface area (Å²) in [7, 11) is 0. The second-order valence-corrected chi connectivity index (χ2v) is 7.32. The number of carbonyl (C=O) groups is 1. The molecule has 3 N–H and O–H groups in total. The summed E-state index contributed by atoms with van der Waals surface area (Å²) in [6, 6.07) is 3.90. The Morgan fingerprint density at radius 1 is 1.03 bits per heavy atom. The van der Waals surface area contributed by atoms with Crippen molar-refractivity contribution in [1.29, 1.82) is 0 Å². The van der Waals surface area contributed by atoms with E-state index in [1.807, 2.05) is 17.0 Å². The van der Waals surface area contributed by atoms with Crippen LogP contribution < -0.4 is 10.2 Å². The van der Waals surface area contributed by atoms with Gasteiger partial charge in [-0.05, 0) is 37.8 Å². The zero-order valence-corrected chi connectivity index (χ0v) is 15.6. The Hall–Kier alpha value is -3.40. The smallest absolute Gasteiger partial charge is 0.245 e. The van der Waals surface area contributed by atoms with Crippen LogP contribution in [0.1, 0.15) is 25.7 Å². The van der Waals surface area contributed by atoms with Gasteiger partial charge in [-0.25, -0.2) is 15.0 Å². The van der Waals surface area contributed by atoms with Crippen LogP contribution in [-0.2, 0) is 4.79 Å². The fraction of sp³-hybridized carbons (Fsp3) is 0.368. The monoisotopic (exact) mass is 392 g/mol. The number of aliphatic hydroxyl groups excluding tert-OH is 1. The summed E-state index contributed by atoms with van der Waals surface area (Å²) in [6.07, 6.45) is 7.72. The number of nitrogens with zero attached hydrogens (tertiary/aromatic N) is 6. The number of carbonyl (C=O) groups excluding carboxylic acids is 1. The third kappa shape index (κ3) is 3.42. The van der Waals surface area contributed by atoms with Gasteiger partial charge in [-0.15, -0.1) is 0 Å².